The van der Waals surface area contributed by atoms with E-state index in [9.17, 15) is 16.8 Å². The summed E-state index contributed by atoms with van der Waals surface area (Å²) in [6.07, 6.45) is 0.264. The molecule has 0 aromatic heterocycles. The largest absolute Gasteiger partial charge is 0.223 e. The van der Waals surface area contributed by atoms with E-state index in [0.717, 1.165) is 0 Å². The molecule has 0 N–H and O–H groups in total. The minimum atomic E-state index is -3.62. The van der Waals surface area contributed by atoms with Crippen LogP contribution < -0.4 is 0 Å². The normalized spacial score (nSPS) is 18.9. The second-order valence-electron chi connectivity index (χ2n) is 6.15. The van der Waals surface area contributed by atoms with Crippen LogP contribution in [0.4, 0.5) is 0 Å². The molecule has 26 heavy (non-hydrogen) atoms. The number of hydrogen-bond acceptors (Lipinski definition) is 4. The Hall–Kier alpha value is -1.12. The van der Waals surface area contributed by atoms with Crippen LogP contribution in [0.25, 0.3) is 0 Å². The summed E-state index contributed by atoms with van der Waals surface area (Å²) in [6, 6.07) is 12.5. The second-order valence-corrected chi connectivity index (χ2v) is 11.2. The van der Waals surface area contributed by atoms with Gasteiger partial charge in [-0.3, -0.25) is 0 Å². The summed E-state index contributed by atoms with van der Waals surface area (Å²) < 4.78 is 52.0. The Morgan fingerprint density at radius 3 is 2.31 bits per heavy atom. The minimum Gasteiger partial charge on any atom is -0.223 e. The van der Waals surface area contributed by atoms with E-state index in [1.807, 2.05) is 0 Å². The van der Waals surface area contributed by atoms with Crippen molar-refractivity contribution < 1.29 is 16.8 Å². The van der Waals surface area contributed by atoms with Gasteiger partial charge in [0.2, 0.25) is 10.0 Å². The first kappa shape index (κ1) is 19.6. The number of sulfonamides is 1. The van der Waals surface area contributed by atoms with E-state index in [1.165, 1.54) is 28.6 Å². The average Bonchev–Trinajstić information content (AvgIpc) is 3.06. The van der Waals surface area contributed by atoms with E-state index in [1.54, 1.807) is 24.3 Å². The molecular weight excluding hydrogens is 417 g/mol. The van der Waals surface area contributed by atoms with E-state index in [2.05, 4.69) is 0 Å². The molecule has 1 heterocycles. The highest BCUT2D eigenvalue weighted by Gasteiger charge is 2.38. The predicted octanol–water partition coefficient (Wildman–Crippen LogP) is 3.37. The minimum absolute atomic E-state index is 0.0478. The second kappa shape index (κ2) is 7.48. The maximum absolute atomic E-state index is 12.7. The van der Waals surface area contributed by atoms with Gasteiger partial charge < -0.3 is 0 Å². The Balaban J connectivity index is 1.76. The molecule has 2 aromatic carbocycles. The van der Waals surface area contributed by atoms with Crippen molar-refractivity contribution in [3.8, 4) is 0 Å². The molecule has 0 amide bonds. The van der Waals surface area contributed by atoms with E-state index in [4.69, 9.17) is 23.2 Å². The number of benzene rings is 2. The Bertz CT molecular complexity index is 1010. The first-order chi connectivity index (χ1) is 12.2. The molecule has 3 rings (SSSR count). The smallest absolute Gasteiger partial charge is 0.218 e. The summed E-state index contributed by atoms with van der Waals surface area (Å²) in [5, 5.41) is 0.140. The van der Waals surface area contributed by atoms with Gasteiger partial charge in [0.25, 0.3) is 0 Å². The maximum Gasteiger partial charge on any atom is 0.218 e. The molecule has 0 radical (unpaired) electrons. The third-order valence-corrected chi connectivity index (χ3v) is 8.82. The first-order valence-corrected chi connectivity index (χ1v) is 11.8. The molecule has 0 saturated carbocycles. The maximum atomic E-state index is 12.7. The standard InChI is InChI=1S/C17H17Cl2NO4S2/c18-14-4-6-16(7-5-14)26(23,24)17-8-9-20(11-17)25(21,22)12-13-2-1-3-15(19)10-13/h1-7,10,17H,8-9,11-12H2. The molecule has 1 saturated heterocycles. The molecule has 9 heteroatoms. The zero-order valence-corrected chi connectivity index (χ0v) is 16.8. The van der Waals surface area contributed by atoms with Gasteiger partial charge in [0.05, 0.1) is 15.9 Å². The number of nitrogens with zero attached hydrogens (tertiary/aromatic N) is 1. The summed E-state index contributed by atoms with van der Waals surface area (Å²) in [5.74, 6) is -0.207. The van der Waals surface area contributed by atoms with Gasteiger partial charge in [-0.15, -0.1) is 0 Å². The number of rotatable bonds is 5. The molecule has 1 fully saturated rings. The lowest BCUT2D eigenvalue weighted by atomic mass is 10.2. The van der Waals surface area contributed by atoms with Crippen LogP contribution in [0.2, 0.25) is 10.0 Å². The van der Waals surface area contributed by atoms with Gasteiger partial charge in [-0.1, -0.05) is 35.3 Å². The molecule has 2 aromatic rings. The Morgan fingerprint density at radius 1 is 0.962 bits per heavy atom. The van der Waals surface area contributed by atoms with Crippen molar-refractivity contribution in [2.24, 2.45) is 0 Å². The summed E-state index contributed by atoms with van der Waals surface area (Å²) in [6.45, 7) is 0.133. The van der Waals surface area contributed by atoms with E-state index < -0.39 is 25.1 Å². The summed E-state index contributed by atoms with van der Waals surface area (Å²) in [7, 11) is -7.24. The van der Waals surface area contributed by atoms with Crippen LogP contribution in [0.15, 0.2) is 53.4 Å². The number of halogens is 2. The Kier molecular flexibility index (Phi) is 5.65. The monoisotopic (exact) mass is 433 g/mol. The van der Waals surface area contributed by atoms with E-state index in [-0.39, 0.29) is 30.2 Å². The SMILES string of the molecule is O=S(=O)(c1ccc(Cl)cc1)C1CCN(S(=O)(=O)Cc2cccc(Cl)c2)C1. The first-order valence-electron chi connectivity index (χ1n) is 7.90. The van der Waals surface area contributed by atoms with Gasteiger partial charge in [0.15, 0.2) is 9.84 Å². The summed E-state index contributed by atoms with van der Waals surface area (Å²) >= 11 is 11.7. The molecule has 1 aliphatic rings. The summed E-state index contributed by atoms with van der Waals surface area (Å²) in [4.78, 5) is 0.154. The van der Waals surface area contributed by atoms with Crippen molar-refractivity contribution in [3.05, 3.63) is 64.1 Å². The van der Waals surface area contributed by atoms with Crippen molar-refractivity contribution in [1.82, 2.24) is 4.31 Å². The molecule has 0 spiro atoms. The van der Waals surface area contributed by atoms with Gasteiger partial charge in [-0.25, -0.2) is 21.1 Å². The van der Waals surface area contributed by atoms with Gasteiger partial charge in [-0.2, -0.15) is 0 Å². The van der Waals surface area contributed by atoms with Crippen LogP contribution in [-0.2, 0) is 25.6 Å². The van der Waals surface area contributed by atoms with Gasteiger partial charge >= 0.3 is 0 Å². The van der Waals surface area contributed by atoms with E-state index in [0.29, 0.717) is 15.6 Å². The van der Waals surface area contributed by atoms with Gasteiger partial charge in [0, 0.05) is 23.1 Å². The highest BCUT2D eigenvalue weighted by molar-refractivity contribution is 7.92. The third kappa shape index (κ3) is 4.23. The van der Waals surface area contributed by atoms with Gasteiger partial charge in [0.1, 0.15) is 0 Å². The molecule has 5 nitrogen and oxygen atoms in total. The number of sulfone groups is 1. The van der Waals surface area contributed by atoms with Crippen molar-refractivity contribution in [2.45, 2.75) is 22.3 Å². The predicted molar refractivity (Wildman–Crippen MR) is 103 cm³/mol. The lowest BCUT2D eigenvalue weighted by Gasteiger charge is -2.17. The van der Waals surface area contributed by atoms with Crippen molar-refractivity contribution in [3.63, 3.8) is 0 Å². The van der Waals surface area contributed by atoms with Crippen LogP contribution >= 0.6 is 23.2 Å². The van der Waals surface area contributed by atoms with Gasteiger partial charge in [-0.05, 0) is 48.4 Å². The highest BCUT2D eigenvalue weighted by Crippen LogP contribution is 2.27. The fraction of sp³-hybridized carbons (Fsp3) is 0.294. The van der Waals surface area contributed by atoms with E-state index >= 15 is 0 Å². The van der Waals surface area contributed by atoms with Crippen LogP contribution in [0.5, 0.6) is 0 Å². The Labute approximate surface area is 163 Å². The Morgan fingerprint density at radius 2 is 1.65 bits per heavy atom. The van der Waals surface area contributed by atoms with Crippen LogP contribution in [0.1, 0.15) is 12.0 Å². The van der Waals surface area contributed by atoms with Crippen molar-refractivity contribution in [1.29, 1.82) is 0 Å². The average molecular weight is 434 g/mol. The lowest BCUT2D eigenvalue weighted by molar-refractivity contribution is 0.475. The topological polar surface area (TPSA) is 71.5 Å². The fourth-order valence-corrected chi connectivity index (χ4v) is 6.65. The molecule has 140 valence electrons. The quantitative estimate of drug-likeness (QED) is 0.724. The molecule has 0 bridgehead atoms. The van der Waals surface area contributed by atoms with Crippen LogP contribution in [0, 0.1) is 0 Å². The fourth-order valence-electron chi connectivity index (χ4n) is 2.95. The van der Waals surface area contributed by atoms with Crippen LogP contribution in [-0.4, -0.2) is 39.5 Å². The molecular formula is C17H17Cl2NO4S2. The highest BCUT2D eigenvalue weighted by atomic mass is 35.5. The zero-order valence-electron chi connectivity index (χ0n) is 13.7. The lowest BCUT2D eigenvalue weighted by Crippen LogP contribution is -2.32. The summed E-state index contributed by atoms with van der Waals surface area (Å²) in [5.41, 5.74) is 0.571. The van der Waals surface area contributed by atoms with Crippen LogP contribution in [0.3, 0.4) is 0 Å². The third-order valence-electron chi connectivity index (χ3n) is 4.32. The number of hydrogen-bond donors (Lipinski definition) is 0. The molecule has 0 aliphatic carbocycles. The van der Waals surface area contributed by atoms with Crippen molar-refractivity contribution >= 4 is 43.1 Å². The molecule has 1 unspecified atom stereocenters. The molecule has 1 atom stereocenters. The van der Waals surface area contributed by atoms with Crippen molar-refractivity contribution in [2.75, 3.05) is 13.1 Å². The molecule has 1 aliphatic heterocycles. The zero-order chi connectivity index (χ0) is 18.9.